The van der Waals surface area contributed by atoms with Crippen LogP contribution in [0.4, 0.5) is 0 Å². The maximum atomic E-state index is 12.0. The number of ketones is 1. The molecule has 1 heterocycles. The second-order valence-corrected chi connectivity index (χ2v) is 6.44. The van der Waals surface area contributed by atoms with Crippen LogP contribution in [0.5, 0.6) is 0 Å². The molecule has 3 nitrogen and oxygen atoms in total. The zero-order valence-corrected chi connectivity index (χ0v) is 12.8. The highest BCUT2D eigenvalue weighted by atomic mass is 79.9. The van der Waals surface area contributed by atoms with Gasteiger partial charge in [0.2, 0.25) is 0 Å². The number of halogens is 1. The van der Waals surface area contributed by atoms with E-state index in [1.165, 1.54) is 21.8 Å². The highest BCUT2D eigenvalue weighted by Gasteiger charge is 2.28. The Morgan fingerprint density at radius 2 is 2.22 bits per heavy atom. The van der Waals surface area contributed by atoms with Gasteiger partial charge < -0.3 is 4.74 Å². The van der Waals surface area contributed by atoms with Gasteiger partial charge in [-0.1, -0.05) is 6.92 Å². The highest BCUT2D eigenvalue weighted by molar-refractivity contribution is 9.10. The van der Waals surface area contributed by atoms with Crippen LogP contribution < -0.4 is 0 Å². The SMILES string of the molecule is CCOC(=O)C(=O)c1sc2c(c1Br)CCC(C)C2. The van der Waals surface area contributed by atoms with Crippen molar-refractivity contribution in [1.29, 1.82) is 0 Å². The van der Waals surface area contributed by atoms with Gasteiger partial charge >= 0.3 is 5.97 Å². The minimum atomic E-state index is -0.759. The predicted octanol–water partition coefficient (Wildman–Crippen LogP) is 3.38. The normalized spacial score (nSPS) is 18.3. The number of fused-ring (bicyclic) bond motifs is 1. The van der Waals surface area contributed by atoms with Gasteiger partial charge in [-0.15, -0.1) is 11.3 Å². The van der Waals surface area contributed by atoms with Crippen LogP contribution in [0.1, 0.15) is 40.4 Å². The van der Waals surface area contributed by atoms with Gasteiger partial charge in [0.25, 0.3) is 5.78 Å². The topological polar surface area (TPSA) is 43.4 Å². The second-order valence-electron chi connectivity index (χ2n) is 4.54. The average molecular weight is 331 g/mol. The first-order valence-corrected chi connectivity index (χ1v) is 7.67. The van der Waals surface area contributed by atoms with Crippen molar-refractivity contribution in [3.63, 3.8) is 0 Å². The van der Waals surface area contributed by atoms with E-state index in [0.29, 0.717) is 10.8 Å². The molecule has 0 saturated heterocycles. The lowest BCUT2D eigenvalue weighted by molar-refractivity contribution is -0.137. The van der Waals surface area contributed by atoms with E-state index in [-0.39, 0.29) is 6.61 Å². The van der Waals surface area contributed by atoms with Crippen molar-refractivity contribution in [3.05, 3.63) is 19.8 Å². The molecule has 0 spiro atoms. The molecule has 1 aliphatic rings. The van der Waals surface area contributed by atoms with Gasteiger partial charge in [-0.3, -0.25) is 4.79 Å². The number of thiophene rings is 1. The Morgan fingerprint density at radius 3 is 2.89 bits per heavy atom. The zero-order valence-electron chi connectivity index (χ0n) is 10.4. The number of hydrogen-bond acceptors (Lipinski definition) is 4. The lowest BCUT2D eigenvalue weighted by Gasteiger charge is -2.17. The monoisotopic (exact) mass is 330 g/mol. The number of ether oxygens (including phenoxy) is 1. The quantitative estimate of drug-likeness (QED) is 0.484. The summed E-state index contributed by atoms with van der Waals surface area (Å²) in [6, 6.07) is 0. The maximum Gasteiger partial charge on any atom is 0.380 e. The molecule has 18 heavy (non-hydrogen) atoms. The maximum absolute atomic E-state index is 12.0. The van der Waals surface area contributed by atoms with Gasteiger partial charge in [0, 0.05) is 9.35 Å². The zero-order chi connectivity index (χ0) is 13.3. The van der Waals surface area contributed by atoms with Crippen LogP contribution in [0.15, 0.2) is 4.47 Å². The van der Waals surface area contributed by atoms with Crippen LogP contribution in [0.3, 0.4) is 0 Å². The molecule has 1 aromatic rings. The van der Waals surface area contributed by atoms with E-state index in [2.05, 4.69) is 22.9 Å². The molecule has 5 heteroatoms. The molecule has 98 valence electrons. The molecule has 1 aliphatic carbocycles. The third kappa shape index (κ3) is 2.52. The molecule has 1 unspecified atom stereocenters. The van der Waals surface area contributed by atoms with Gasteiger partial charge in [0.1, 0.15) is 0 Å². The van der Waals surface area contributed by atoms with E-state index in [1.54, 1.807) is 6.92 Å². The lowest BCUT2D eigenvalue weighted by Crippen LogP contribution is -2.16. The summed E-state index contributed by atoms with van der Waals surface area (Å²) in [7, 11) is 0. The summed E-state index contributed by atoms with van der Waals surface area (Å²) in [6.07, 6.45) is 3.10. The van der Waals surface area contributed by atoms with E-state index in [1.807, 2.05) is 0 Å². The molecule has 0 N–H and O–H groups in total. The van der Waals surface area contributed by atoms with Crippen LogP contribution in [0.2, 0.25) is 0 Å². The van der Waals surface area contributed by atoms with Crippen LogP contribution in [-0.2, 0) is 22.4 Å². The fourth-order valence-electron chi connectivity index (χ4n) is 2.15. The summed E-state index contributed by atoms with van der Waals surface area (Å²) in [5.74, 6) is -0.644. The van der Waals surface area contributed by atoms with Crippen molar-refractivity contribution in [2.75, 3.05) is 6.61 Å². The summed E-state index contributed by atoms with van der Waals surface area (Å²) in [5.41, 5.74) is 1.20. The second kappa shape index (κ2) is 5.53. The number of Topliss-reactive ketones (excluding diaryl/α,β-unsaturated/α-hetero) is 1. The van der Waals surface area contributed by atoms with Crippen molar-refractivity contribution in [2.45, 2.75) is 33.1 Å². The number of rotatable bonds is 3. The fourth-order valence-corrected chi connectivity index (χ4v) is 4.47. The van der Waals surface area contributed by atoms with E-state index >= 15 is 0 Å². The molecule has 0 bridgehead atoms. The first-order chi connectivity index (χ1) is 8.54. The molecule has 0 aliphatic heterocycles. The van der Waals surface area contributed by atoms with E-state index in [0.717, 1.165) is 23.7 Å². The van der Waals surface area contributed by atoms with Gasteiger partial charge in [0.15, 0.2) is 0 Å². The molecule has 0 aromatic carbocycles. The standard InChI is InChI=1S/C13H15BrO3S/c1-3-17-13(16)11(15)12-10(14)8-5-4-7(2)6-9(8)18-12/h7H,3-6H2,1-2H3. The van der Waals surface area contributed by atoms with Crippen LogP contribution in [-0.4, -0.2) is 18.4 Å². The van der Waals surface area contributed by atoms with Gasteiger partial charge in [0.05, 0.1) is 11.5 Å². The highest BCUT2D eigenvalue weighted by Crippen LogP contribution is 2.39. The Kier molecular flexibility index (Phi) is 4.22. The summed E-state index contributed by atoms with van der Waals surface area (Å²) in [4.78, 5) is 25.2. The molecule has 2 rings (SSSR count). The van der Waals surface area contributed by atoms with Crippen molar-refractivity contribution in [3.8, 4) is 0 Å². The van der Waals surface area contributed by atoms with Crippen molar-refractivity contribution in [2.24, 2.45) is 5.92 Å². The van der Waals surface area contributed by atoms with Crippen molar-refractivity contribution >= 4 is 39.0 Å². The third-order valence-corrected chi connectivity index (χ3v) is 5.50. The largest absolute Gasteiger partial charge is 0.460 e. The number of esters is 1. The summed E-state index contributed by atoms with van der Waals surface area (Å²) in [5, 5.41) is 0. The van der Waals surface area contributed by atoms with Crippen LogP contribution >= 0.6 is 27.3 Å². The molecule has 0 saturated carbocycles. The summed E-state index contributed by atoms with van der Waals surface area (Å²) >= 11 is 4.89. The fraction of sp³-hybridized carbons (Fsp3) is 0.538. The van der Waals surface area contributed by atoms with Gasteiger partial charge in [-0.2, -0.15) is 0 Å². The average Bonchev–Trinajstić information content (AvgIpc) is 2.65. The summed E-state index contributed by atoms with van der Waals surface area (Å²) < 4.78 is 5.56. The Bertz CT molecular complexity index is 493. The third-order valence-electron chi connectivity index (χ3n) is 3.11. The predicted molar refractivity (Wildman–Crippen MR) is 74.2 cm³/mol. The smallest absolute Gasteiger partial charge is 0.380 e. The number of hydrogen-bond donors (Lipinski definition) is 0. The Labute approximate surface area is 119 Å². The lowest BCUT2D eigenvalue weighted by atomic mass is 9.90. The van der Waals surface area contributed by atoms with E-state index in [4.69, 9.17) is 4.74 Å². The van der Waals surface area contributed by atoms with E-state index < -0.39 is 11.8 Å². The molecule has 0 radical (unpaired) electrons. The van der Waals surface area contributed by atoms with Gasteiger partial charge in [-0.25, -0.2) is 4.79 Å². The minimum Gasteiger partial charge on any atom is -0.460 e. The van der Waals surface area contributed by atoms with Crippen molar-refractivity contribution in [1.82, 2.24) is 0 Å². The number of carbonyl (C=O) groups is 2. The molecule has 1 aromatic heterocycles. The molecule has 0 fully saturated rings. The minimum absolute atomic E-state index is 0.227. The Balaban J connectivity index is 2.30. The Hall–Kier alpha value is -0.680. The Morgan fingerprint density at radius 1 is 1.50 bits per heavy atom. The van der Waals surface area contributed by atoms with Gasteiger partial charge in [-0.05, 0) is 53.6 Å². The molecule has 0 amide bonds. The number of carbonyl (C=O) groups excluding carboxylic acids is 2. The van der Waals surface area contributed by atoms with E-state index in [9.17, 15) is 9.59 Å². The van der Waals surface area contributed by atoms with Crippen LogP contribution in [0.25, 0.3) is 0 Å². The van der Waals surface area contributed by atoms with Crippen LogP contribution in [0, 0.1) is 5.92 Å². The molecule has 1 atom stereocenters. The molecular formula is C13H15BrO3S. The molecular weight excluding hydrogens is 316 g/mol. The summed E-state index contributed by atoms with van der Waals surface area (Å²) in [6.45, 7) is 4.13. The first-order valence-electron chi connectivity index (χ1n) is 6.06. The van der Waals surface area contributed by atoms with Crippen molar-refractivity contribution < 1.29 is 14.3 Å². The first kappa shape index (κ1) is 13.7.